The third-order valence-corrected chi connectivity index (χ3v) is 3.87. The highest BCUT2D eigenvalue weighted by atomic mass is 16.5. The Hall–Kier alpha value is -0.870. The Labute approximate surface area is 110 Å². The van der Waals surface area contributed by atoms with Crippen molar-refractivity contribution in [3.8, 4) is 0 Å². The molecule has 18 heavy (non-hydrogen) atoms. The second kappa shape index (κ2) is 6.34. The third-order valence-electron chi connectivity index (χ3n) is 3.87. The summed E-state index contributed by atoms with van der Waals surface area (Å²) in [6.07, 6.45) is 5.00. The smallest absolute Gasteiger partial charge is 0.0625 e. The van der Waals surface area contributed by atoms with Gasteiger partial charge in [-0.25, -0.2) is 0 Å². The first-order chi connectivity index (χ1) is 8.76. The van der Waals surface area contributed by atoms with E-state index in [0.29, 0.717) is 12.1 Å². The summed E-state index contributed by atoms with van der Waals surface area (Å²) in [6.45, 7) is 6.16. The molecule has 4 heteroatoms. The van der Waals surface area contributed by atoms with Crippen LogP contribution in [0.4, 0.5) is 0 Å². The van der Waals surface area contributed by atoms with Gasteiger partial charge in [-0.15, -0.1) is 0 Å². The van der Waals surface area contributed by atoms with Crippen molar-refractivity contribution in [1.29, 1.82) is 0 Å². The molecular formula is C14H25N3O. The van der Waals surface area contributed by atoms with Crippen LogP contribution in [-0.4, -0.2) is 29.0 Å². The Bertz CT molecular complexity index is 375. The molecule has 1 saturated carbocycles. The Morgan fingerprint density at radius 3 is 2.89 bits per heavy atom. The zero-order valence-corrected chi connectivity index (χ0v) is 11.8. The molecule has 0 radical (unpaired) electrons. The highest BCUT2D eigenvalue weighted by Crippen LogP contribution is 2.21. The van der Waals surface area contributed by atoms with Crippen LogP contribution in [0.15, 0.2) is 6.07 Å². The molecule has 1 aliphatic rings. The molecule has 1 aromatic rings. The lowest BCUT2D eigenvalue weighted by Gasteiger charge is -2.13. The molecule has 0 spiro atoms. The van der Waals surface area contributed by atoms with Crippen molar-refractivity contribution in [2.24, 2.45) is 0 Å². The van der Waals surface area contributed by atoms with Crippen LogP contribution in [0.5, 0.6) is 0 Å². The van der Waals surface area contributed by atoms with Crippen LogP contribution in [0.1, 0.15) is 44.5 Å². The minimum Gasteiger partial charge on any atom is -0.381 e. The first kappa shape index (κ1) is 13.6. The Morgan fingerprint density at radius 1 is 1.44 bits per heavy atom. The van der Waals surface area contributed by atoms with Crippen LogP contribution in [-0.2, 0) is 24.2 Å². The van der Waals surface area contributed by atoms with E-state index < -0.39 is 0 Å². The van der Waals surface area contributed by atoms with Crippen molar-refractivity contribution in [1.82, 2.24) is 15.1 Å². The van der Waals surface area contributed by atoms with Crippen LogP contribution >= 0.6 is 0 Å². The lowest BCUT2D eigenvalue weighted by molar-refractivity contribution is 0.107. The molecule has 4 nitrogen and oxygen atoms in total. The fourth-order valence-electron chi connectivity index (χ4n) is 2.69. The van der Waals surface area contributed by atoms with Crippen LogP contribution in [0.2, 0.25) is 0 Å². The summed E-state index contributed by atoms with van der Waals surface area (Å²) in [5.41, 5.74) is 2.49. The molecule has 2 atom stereocenters. The molecule has 0 amide bonds. The van der Waals surface area contributed by atoms with Crippen molar-refractivity contribution in [2.45, 2.75) is 64.8 Å². The SMILES string of the molecule is CCc1cc(CNC2CCC(OC)C2)n(CC)n1. The standard InChI is InChI=1S/C14H25N3O/c1-4-11-8-13(17(5-2)16-11)10-15-12-6-7-14(9-12)18-3/h8,12,14-15H,4-7,9-10H2,1-3H3. The first-order valence-electron chi connectivity index (χ1n) is 7.08. The molecule has 2 unspecified atom stereocenters. The maximum atomic E-state index is 5.40. The van der Waals surface area contributed by atoms with Crippen molar-refractivity contribution in [3.63, 3.8) is 0 Å². The van der Waals surface area contributed by atoms with Gasteiger partial charge in [0.1, 0.15) is 0 Å². The summed E-state index contributed by atoms with van der Waals surface area (Å²) in [6, 6.07) is 2.82. The minimum atomic E-state index is 0.449. The van der Waals surface area contributed by atoms with Gasteiger partial charge in [-0.2, -0.15) is 5.10 Å². The summed E-state index contributed by atoms with van der Waals surface area (Å²) in [4.78, 5) is 0. The van der Waals surface area contributed by atoms with E-state index in [1.54, 1.807) is 0 Å². The Kier molecular flexibility index (Phi) is 4.78. The maximum Gasteiger partial charge on any atom is 0.0625 e. The Balaban J connectivity index is 1.88. The summed E-state index contributed by atoms with van der Waals surface area (Å²) >= 11 is 0. The number of methoxy groups -OCH3 is 1. The number of hydrogen-bond acceptors (Lipinski definition) is 3. The van der Waals surface area contributed by atoms with E-state index in [0.717, 1.165) is 25.9 Å². The van der Waals surface area contributed by atoms with Gasteiger partial charge in [-0.3, -0.25) is 4.68 Å². The molecule has 1 heterocycles. The number of ether oxygens (including phenoxy) is 1. The normalized spacial score (nSPS) is 23.7. The summed E-state index contributed by atoms with van der Waals surface area (Å²) in [5.74, 6) is 0. The highest BCUT2D eigenvalue weighted by molar-refractivity contribution is 5.10. The topological polar surface area (TPSA) is 39.1 Å². The zero-order valence-electron chi connectivity index (χ0n) is 11.8. The molecule has 0 aromatic carbocycles. The van der Waals surface area contributed by atoms with E-state index in [2.05, 4.69) is 35.0 Å². The number of hydrogen-bond donors (Lipinski definition) is 1. The van der Waals surface area contributed by atoms with Crippen LogP contribution in [0, 0.1) is 0 Å². The fraction of sp³-hybridized carbons (Fsp3) is 0.786. The molecule has 0 saturated heterocycles. The molecule has 102 valence electrons. The van der Waals surface area contributed by atoms with Crippen molar-refractivity contribution < 1.29 is 4.74 Å². The average Bonchev–Trinajstić information content (AvgIpc) is 3.02. The van der Waals surface area contributed by atoms with Gasteiger partial charge >= 0.3 is 0 Å². The molecule has 0 bridgehead atoms. The van der Waals surface area contributed by atoms with Crippen LogP contribution in [0.3, 0.4) is 0 Å². The third kappa shape index (κ3) is 3.12. The van der Waals surface area contributed by atoms with E-state index in [1.165, 1.54) is 24.2 Å². The van der Waals surface area contributed by atoms with Gasteiger partial charge in [-0.05, 0) is 38.7 Å². The monoisotopic (exact) mass is 251 g/mol. The van der Waals surface area contributed by atoms with Gasteiger partial charge in [-0.1, -0.05) is 6.92 Å². The van der Waals surface area contributed by atoms with Gasteiger partial charge in [0.05, 0.1) is 17.5 Å². The number of nitrogens with one attached hydrogen (secondary N) is 1. The lowest BCUT2D eigenvalue weighted by atomic mass is 10.2. The number of aryl methyl sites for hydroxylation is 2. The molecule has 1 aromatic heterocycles. The van der Waals surface area contributed by atoms with Crippen molar-refractivity contribution >= 4 is 0 Å². The summed E-state index contributed by atoms with van der Waals surface area (Å²) in [5, 5.41) is 8.21. The molecular weight excluding hydrogens is 226 g/mol. The first-order valence-corrected chi connectivity index (χ1v) is 7.08. The van der Waals surface area contributed by atoms with E-state index in [-0.39, 0.29) is 0 Å². The van der Waals surface area contributed by atoms with Gasteiger partial charge in [0.15, 0.2) is 0 Å². The van der Waals surface area contributed by atoms with E-state index >= 15 is 0 Å². The summed E-state index contributed by atoms with van der Waals surface area (Å²) in [7, 11) is 1.81. The molecule has 1 aliphatic carbocycles. The molecule has 1 N–H and O–H groups in total. The number of rotatable bonds is 6. The van der Waals surface area contributed by atoms with E-state index in [9.17, 15) is 0 Å². The van der Waals surface area contributed by atoms with Gasteiger partial charge in [0.2, 0.25) is 0 Å². The summed E-state index contributed by atoms with van der Waals surface area (Å²) < 4.78 is 7.51. The molecule has 0 aliphatic heterocycles. The quantitative estimate of drug-likeness (QED) is 0.842. The van der Waals surface area contributed by atoms with Gasteiger partial charge < -0.3 is 10.1 Å². The Morgan fingerprint density at radius 2 is 2.28 bits per heavy atom. The predicted molar refractivity (Wildman–Crippen MR) is 72.6 cm³/mol. The molecule has 1 fully saturated rings. The largest absolute Gasteiger partial charge is 0.381 e. The second-order valence-electron chi connectivity index (χ2n) is 5.04. The van der Waals surface area contributed by atoms with E-state index in [1.807, 2.05) is 7.11 Å². The fourth-order valence-corrected chi connectivity index (χ4v) is 2.69. The minimum absolute atomic E-state index is 0.449. The number of aromatic nitrogens is 2. The highest BCUT2D eigenvalue weighted by Gasteiger charge is 2.24. The van der Waals surface area contributed by atoms with Crippen molar-refractivity contribution in [2.75, 3.05) is 7.11 Å². The predicted octanol–water partition coefficient (Wildman–Crippen LogP) is 2.12. The maximum absolute atomic E-state index is 5.40. The second-order valence-corrected chi connectivity index (χ2v) is 5.04. The van der Waals surface area contributed by atoms with Gasteiger partial charge in [0.25, 0.3) is 0 Å². The average molecular weight is 251 g/mol. The zero-order chi connectivity index (χ0) is 13.0. The van der Waals surface area contributed by atoms with Gasteiger partial charge in [0, 0.05) is 26.2 Å². The van der Waals surface area contributed by atoms with Crippen LogP contribution in [0.25, 0.3) is 0 Å². The number of nitrogens with zero attached hydrogens (tertiary/aromatic N) is 2. The lowest BCUT2D eigenvalue weighted by Crippen LogP contribution is -2.27. The molecule has 2 rings (SSSR count). The van der Waals surface area contributed by atoms with E-state index in [4.69, 9.17) is 4.74 Å². The van der Waals surface area contributed by atoms with Crippen molar-refractivity contribution in [3.05, 3.63) is 17.5 Å². The van der Waals surface area contributed by atoms with Crippen LogP contribution < -0.4 is 5.32 Å².